The number of nitrogens with zero attached hydrogens (tertiary/aromatic N) is 3. The topological polar surface area (TPSA) is 49.6 Å². The molecule has 25 heavy (non-hydrogen) atoms. The van der Waals surface area contributed by atoms with Crippen molar-refractivity contribution in [1.29, 1.82) is 0 Å². The van der Waals surface area contributed by atoms with Gasteiger partial charge in [0.25, 0.3) is 5.91 Å². The molecule has 134 valence electrons. The Hall–Kier alpha value is -2.14. The highest BCUT2D eigenvalue weighted by Crippen LogP contribution is 2.21. The first kappa shape index (κ1) is 17.7. The molecule has 1 amide bonds. The van der Waals surface area contributed by atoms with Crippen LogP contribution >= 0.6 is 0 Å². The van der Waals surface area contributed by atoms with Gasteiger partial charge in [-0.15, -0.1) is 0 Å². The molecule has 1 aliphatic rings. The maximum atomic E-state index is 13.2. The third-order valence-corrected chi connectivity index (χ3v) is 5.07. The van der Waals surface area contributed by atoms with Crippen LogP contribution < -0.4 is 0 Å². The third kappa shape index (κ3) is 4.28. The van der Waals surface area contributed by atoms with E-state index in [1.807, 2.05) is 30.0 Å². The zero-order valence-electron chi connectivity index (χ0n) is 15.1. The Morgan fingerprint density at radius 3 is 2.68 bits per heavy atom. The van der Waals surface area contributed by atoms with Crippen LogP contribution in [0.5, 0.6) is 0 Å². The monoisotopic (exact) mass is 341 g/mol. The summed E-state index contributed by atoms with van der Waals surface area (Å²) in [6.45, 7) is 4.78. The summed E-state index contributed by atoms with van der Waals surface area (Å²) in [6.07, 6.45) is 5.16. The fourth-order valence-electron chi connectivity index (χ4n) is 3.50. The van der Waals surface area contributed by atoms with Crippen molar-refractivity contribution in [3.63, 3.8) is 0 Å². The maximum absolute atomic E-state index is 13.2. The zero-order chi connectivity index (χ0) is 17.6. The van der Waals surface area contributed by atoms with E-state index in [1.54, 1.807) is 6.20 Å². The molecule has 1 saturated heterocycles. The average molecular weight is 341 g/mol. The number of likely N-dealkylation sites (tertiary alicyclic amines) is 1. The van der Waals surface area contributed by atoms with Crippen molar-refractivity contribution >= 4 is 5.91 Å². The number of hydrogen-bond acceptors (Lipinski definition) is 4. The second-order valence-electron chi connectivity index (χ2n) is 6.78. The predicted octanol–water partition coefficient (Wildman–Crippen LogP) is 3.02. The summed E-state index contributed by atoms with van der Waals surface area (Å²) in [6, 6.07) is 10.6. The summed E-state index contributed by atoms with van der Waals surface area (Å²) in [5, 5.41) is 3.84. The quantitative estimate of drug-likeness (QED) is 0.810. The molecule has 0 saturated carbocycles. The van der Waals surface area contributed by atoms with Crippen LogP contribution in [0.1, 0.15) is 41.4 Å². The van der Waals surface area contributed by atoms with Gasteiger partial charge in [0, 0.05) is 19.0 Å². The molecule has 0 aliphatic carbocycles. The maximum Gasteiger partial charge on any atom is 0.259 e. The molecule has 0 radical (unpaired) electrons. The molecule has 1 fully saturated rings. The number of rotatable bonds is 6. The summed E-state index contributed by atoms with van der Waals surface area (Å²) in [5.74, 6) is 0.742. The van der Waals surface area contributed by atoms with Crippen molar-refractivity contribution in [3.05, 3.63) is 53.4 Å². The van der Waals surface area contributed by atoms with Crippen molar-refractivity contribution in [2.45, 2.75) is 38.6 Å². The molecule has 0 bridgehead atoms. The molecule has 3 rings (SSSR count). The first-order valence-electron chi connectivity index (χ1n) is 9.16. The van der Waals surface area contributed by atoms with E-state index in [9.17, 15) is 4.79 Å². The Morgan fingerprint density at radius 1 is 1.28 bits per heavy atom. The van der Waals surface area contributed by atoms with Gasteiger partial charge in [-0.25, -0.2) is 0 Å². The van der Waals surface area contributed by atoms with Crippen molar-refractivity contribution in [3.8, 4) is 0 Å². The molecule has 1 aliphatic heterocycles. The van der Waals surface area contributed by atoms with Gasteiger partial charge in [0.2, 0.25) is 0 Å². The number of amides is 1. The van der Waals surface area contributed by atoms with Gasteiger partial charge in [-0.1, -0.05) is 42.4 Å². The average Bonchev–Trinajstić information content (AvgIpc) is 3.13. The molecule has 0 spiro atoms. The van der Waals surface area contributed by atoms with Crippen molar-refractivity contribution < 1.29 is 9.32 Å². The second-order valence-corrected chi connectivity index (χ2v) is 6.78. The minimum Gasteiger partial charge on any atom is -0.361 e. The van der Waals surface area contributed by atoms with Crippen LogP contribution in [0.15, 0.2) is 41.1 Å². The Bertz CT molecular complexity index is 675. The van der Waals surface area contributed by atoms with E-state index in [2.05, 4.69) is 29.2 Å². The lowest BCUT2D eigenvalue weighted by atomic mass is 10.0. The lowest BCUT2D eigenvalue weighted by Gasteiger charge is -2.37. The molecular weight excluding hydrogens is 314 g/mol. The lowest BCUT2D eigenvalue weighted by Crippen LogP contribution is -2.47. The van der Waals surface area contributed by atoms with Crippen LogP contribution in [0.25, 0.3) is 0 Å². The number of piperidine rings is 1. The number of benzene rings is 1. The van der Waals surface area contributed by atoms with Crippen LogP contribution in [0.4, 0.5) is 0 Å². The second kappa shape index (κ2) is 8.30. The Kier molecular flexibility index (Phi) is 5.87. The molecule has 0 atom stereocenters. The van der Waals surface area contributed by atoms with Gasteiger partial charge >= 0.3 is 0 Å². The van der Waals surface area contributed by atoms with Gasteiger partial charge in [-0.05, 0) is 45.0 Å². The Balaban J connectivity index is 1.77. The van der Waals surface area contributed by atoms with E-state index in [1.165, 1.54) is 5.56 Å². The molecular formula is C20H27N3O2. The lowest BCUT2D eigenvalue weighted by molar-refractivity contribution is 0.0592. The summed E-state index contributed by atoms with van der Waals surface area (Å²) in [4.78, 5) is 17.6. The highest BCUT2D eigenvalue weighted by atomic mass is 16.5. The van der Waals surface area contributed by atoms with E-state index in [4.69, 9.17) is 4.52 Å². The molecule has 1 aromatic heterocycles. The van der Waals surface area contributed by atoms with E-state index >= 15 is 0 Å². The minimum atomic E-state index is 0.0589. The summed E-state index contributed by atoms with van der Waals surface area (Å²) in [7, 11) is 2.14. The van der Waals surface area contributed by atoms with Crippen LogP contribution in [-0.2, 0) is 12.8 Å². The van der Waals surface area contributed by atoms with E-state index in [0.29, 0.717) is 17.7 Å². The van der Waals surface area contributed by atoms with Crippen LogP contribution in [-0.4, -0.2) is 53.6 Å². The minimum absolute atomic E-state index is 0.0589. The van der Waals surface area contributed by atoms with Crippen LogP contribution in [0, 0.1) is 0 Å². The number of carbonyl (C=O) groups excluding carboxylic acids is 1. The van der Waals surface area contributed by atoms with Crippen molar-refractivity contribution in [2.75, 3.05) is 26.7 Å². The third-order valence-electron chi connectivity index (χ3n) is 5.07. The van der Waals surface area contributed by atoms with Gasteiger partial charge in [0.15, 0.2) is 0 Å². The fraction of sp³-hybridized carbons (Fsp3) is 0.500. The van der Waals surface area contributed by atoms with E-state index in [0.717, 1.165) is 38.9 Å². The van der Waals surface area contributed by atoms with Crippen molar-refractivity contribution in [1.82, 2.24) is 15.0 Å². The normalized spacial score (nSPS) is 16.1. The highest BCUT2D eigenvalue weighted by molar-refractivity contribution is 5.95. The first-order valence-corrected chi connectivity index (χ1v) is 9.16. The summed E-state index contributed by atoms with van der Waals surface area (Å²) >= 11 is 0. The molecule has 5 nitrogen and oxygen atoms in total. The number of carbonyl (C=O) groups is 1. The SMILES string of the molecule is CCc1oncc1C(=O)N(CCc1ccccc1)C1CCN(C)CC1. The largest absolute Gasteiger partial charge is 0.361 e. The first-order chi connectivity index (χ1) is 12.2. The van der Waals surface area contributed by atoms with Gasteiger partial charge < -0.3 is 14.3 Å². The van der Waals surface area contributed by atoms with E-state index < -0.39 is 0 Å². The van der Waals surface area contributed by atoms with Gasteiger partial charge in [-0.3, -0.25) is 4.79 Å². The number of aromatic nitrogens is 1. The molecule has 5 heteroatoms. The molecule has 0 unspecified atom stereocenters. The summed E-state index contributed by atoms with van der Waals surface area (Å²) < 4.78 is 5.25. The smallest absolute Gasteiger partial charge is 0.259 e. The van der Waals surface area contributed by atoms with Gasteiger partial charge in [-0.2, -0.15) is 0 Å². The van der Waals surface area contributed by atoms with Gasteiger partial charge in [0.1, 0.15) is 11.3 Å². The number of hydrogen-bond donors (Lipinski definition) is 0. The molecule has 0 N–H and O–H groups in total. The highest BCUT2D eigenvalue weighted by Gasteiger charge is 2.29. The van der Waals surface area contributed by atoms with Crippen LogP contribution in [0.3, 0.4) is 0 Å². The number of aryl methyl sites for hydroxylation is 1. The Morgan fingerprint density at radius 2 is 2.00 bits per heavy atom. The molecule has 2 heterocycles. The predicted molar refractivity (Wildman–Crippen MR) is 97.6 cm³/mol. The van der Waals surface area contributed by atoms with Crippen LogP contribution in [0.2, 0.25) is 0 Å². The Labute approximate surface area is 149 Å². The molecule has 2 aromatic rings. The van der Waals surface area contributed by atoms with E-state index in [-0.39, 0.29) is 11.9 Å². The van der Waals surface area contributed by atoms with Crippen molar-refractivity contribution in [2.24, 2.45) is 0 Å². The fourth-order valence-corrected chi connectivity index (χ4v) is 3.50. The molecule has 1 aromatic carbocycles. The zero-order valence-corrected chi connectivity index (χ0v) is 15.1. The standard InChI is InChI=1S/C20H27N3O2/c1-3-19-18(15-21-25-19)20(24)23(17-10-12-22(2)13-11-17)14-9-16-7-5-4-6-8-16/h4-8,15,17H,3,9-14H2,1-2H3. The summed E-state index contributed by atoms with van der Waals surface area (Å²) in [5.41, 5.74) is 1.88. The van der Waals surface area contributed by atoms with Gasteiger partial charge in [0.05, 0.1) is 6.20 Å².